The summed E-state index contributed by atoms with van der Waals surface area (Å²) in [4.78, 5) is 23.6. The number of rotatable bonds is 5. The maximum atomic E-state index is 12.3. The maximum Gasteiger partial charge on any atom is 0.319 e. The van der Waals surface area contributed by atoms with E-state index in [-0.39, 0.29) is 18.5 Å². The average molecular weight is 377 g/mol. The van der Waals surface area contributed by atoms with E-state index >= 15 is 0 Å². The van der Waals surface area contributed by atoms with Gasteiger partial charge >= 0.3 is 6.03 Å². The van der Waals surface area contributed by atoms with Gasteiger partial charge in [-0.05, 0) is 29.3 Å². The van der Waals surface area contributed by atoms with Crippen LogP contribution in [0.1, 0.15) is 11.1 Å². The van der Waals surface area contributed by atoms with Crippen LogP contribution in [0.4, 0.5) is 16.2 Å². The Labute approximate surface area is 161 Å². The number of hydrogen-bond acceptors (Lipinski definition) is 4. The van der Waals surface area contributed by atoms with Gasteiger partial charge in [0.1, 0.15) is 5.75 Å². The molecule has 0 spiro atoms. The molecule has 0 unspecified atom stereocenters. The molecule has 3 N–H and O–H groups in total. The van der Waals surface area contributed by atoms with Gasteiger partial charge in [-0.3, -0.25) is 9.48 Å². The van der Waals surface area contributed by atoms with Crippen molar-refractivity contribution < 1.29 is 14.3 Å². The molecule has 8 nitrogen and oxygen atoms in total. The second-order valence-electron chi connectivity index (χ2n) is 6.33. The highest BCUT2D eigenvalue weighted by atomic mass is 16.5. The molecule has 4 rings (SSSR count). The zero-order chi connectivity index (χ0) is 19.3. The zero-order valence-corrected chi connectivity index (χ0v) is 15.0. The van der Waals surface area contributed by atoms with Crippen LogP contribution < -0.4 is 20.7 Å². The van der Waals surface area contributed by atoms with Crippen LogP contribution in [0.2, 0.25) is 0 Å². The van der Waals surface area contributed by atoms with E-state index in [1.54, 1.807) is 24.4 Å². The molecular weight excluding hydrogens is 358 g/mol. The number of aromatic nitrogens is 2. The normalized spacial score (nSPS) is 12.5. The number of fused-ring (bicyclic) bond motifs is 1. The van der Waals surface area contributed by atoms with Gasteiger partial charge in [0.25, 0.3) is 5.91 Å². The van der Waals surface area contributed by atoms with Crippen molar-refractivity contribution in [1.29, 1.82) is 0 Å². The fraction of sp³-hybridized carbons (Fsp3) is 0.150. The van der Waals surface area contributed by atoms with E-state index in [0.717, 1.165) is 11.1 Å². The molecule has 142 valence electrons. The van der Waals surface area contributed by atoms with Crippen LogP contribution in [-0.2, 0) is 17.9 Å². The van der Waals surface area contributed by atoms with Crippen molar-refractivity contribution in [2.45, 2.75) is 13.1 Å². The summed E-state index contributed by atoms with van der Waals surface area (Å²) in [6, 6.07) is 14.5. The molecule has 1 aromatic heterocycles. The summed E-state index contributed by atoms with van der Waals surface area (Å²) in [7, 11) is 0. The first kappa shape index (κ1) is 17.6. The molecule has 0 atom stereocenters. The molecular formula is C20H19N5O3. The summed E-state index contributed by atoms with van der Waals surface area (Å²) >= 11 is 0. The van der Waals surface area contributed by atoms with Gasteiger partial charge in [0, 0.05) is 30.7 Å². The average Bonchev–Trinajstić information content (AvgIpc) is 3.20. The summed E-state index contributed by atoms with van der Waals surface area (Å²) in [6.45, 7) is 0.997. The molecule has 0 saturated carbocycles. The third-order valence-electron chi connectivity index (χ3n) is 4.32. The molecule has 28 heavy (non-hydrogen) atoms. The lowest BCUT2D eigenvalue weighted by Gasteiger charge is -2.18. The van der Waals surface area contributed by atoms with Crippen LogP contribution >= 0.6 is 0 Å². The van der Waals surface area contributed by atoms with E-state index in [4.69, 9.17) is 4.74 Å². The van der Waals surface area contributed by atoms with Gasteiger partial charge in [0.05, 0.1) is 12.2 Å². The molecule has 0 aliphatic carbocycles. The molecule has 3 aromatic rings. The number of hydrogen-bond donors (Lipinski definition) is 3. The Balaban J connectivity index is 1.37. The van der Waals surface area contributed by atoms with Gasteiger partial charge < -0.3 is 20.7 Å². The van der Waals surface area contributed by atoms with Crippen molar-refractivity contribution in [2.24, 2.45) is 0 Å². The molecule has 1 aliphatic rings. The molecule has 2 aromatic carbocycles. The highest BCUT2D eigenvalue weighted by Gasteiger charge is 2.16. The monoisotopic (exact) mass is 377 g/mol. The Bertz CT molecular complexity index is 1000. The summed E-state index contributed by atoms with van der Waals surface area (Å²) in [5.41, 5.74) is 3.28. The number of urea groups is 1. The molecule has 3 amide bonds. The number of benzene rings is 2. The van der Waals surface area contributed by atoms with Gasteiger partial charge in [-0.15, -0.1) is 0 Å². The number of nitrogens with zero attached hydrogens (tertiary/aromatic N) is 2. The van der Waals surface area contributed by atoms with Crippen molar-refractivity contribution in [3.63, 3.8) is 0 Å². The second-order valence-corrected chi connectivity index (χ2v) is 6.33. The first-order valence-electron chi connectivity index (χ1n) is 8.83. The third kappa shape index (κ3) is 4.12. The van der Waals surface area contributed by atoms with E-state index < -0.39 is 0 Å². The minimum Gasteiger partial charge on any atom is -0.482 e. The second kappa shape index (κ2) is 7.83. The molecule has 2 heterocycles. The number of amides is 3. The first-order valence-corrected chi connectivity index (χ1v) is 8.83. The smallest absolute Gasteiger partial charge is 0.319 e. The number of ether oxygens (including phenoxy) is 1. The van der Waals surface area contributed by atoms with Crippen LogP contribution in [-0.4, -0.2) is 28.3 Å². The summed E-state index contributed by atoms with van der Waals surface area (Å²) < 4.78 is 7.20. The van der Waals surface area contributed by atoms with Crippen LogP contribution in [0.3, 0.4) is 0 Å². The third-order valence-corrected chi connectivity index (χ3v) is 4.32. The van der Waals surface area contributed by atoms with Gasteiger partial charge in [0.2, 0.25) is 0 Å². The van der Waals surface area contributed by atoms with Crippen molar-refractivity contribution in [3.05, 3.63) is 72.1 Å². The highest BCUT2D eigenvalue weighted by Crippen LogP contribution is 2.30. The quantitative estimate of drug-likeness (QED) is 0.637. The molecule has 1 aliphatic heterocycles. The van der Waals surface area contributed by atoms with Gasteiger partial charge in [-0.25, -0.2) is 4.79 Å². The van der Waals surface area contributed by atoms with Crippen LogP contribution in [0.5, 0.6) is 5.75 Å². The first-order chi connectivity index (χ1) is 13.7. The maximum absolute atomic E-state index is 12.3. The van der Waals surface area contributed by atoms with Gasteiger partial charge in [-0.2, -0.15) is 5.10 Å². The van der Waals surface area contributed by atoms with Gasteiger partial charge in [0.15, 0.2) is 6.61 Å². The minimum absolute atomic E-state index is 0.0321. The van der Waals surface area contributed by atoms with E-state index in [2.05, 4.69) is 21.0 Å². The SMILES string of the molecule is O=C1COc2cc(NC(=O)NCc3ccccc3Cn3cccn3)ccc2N1. The fourth-order valence-electron chi connectivity index (χ4n) is 2.96. The highest BCUT2D eigenvalue weighted by molar-refractivity contribution is 5.96. The van der Waals surface area contributed by atoms with E-state index in [1.807, 2.05) is 41.2 Å². The number of anilines is 2. The standard InChI is InChI=1S/C20H19N5O3/c26-19-13-28-18-10-16(6-7-17(18)24-19)23-20(27)21-11-14-4-1-2-5-15(14)12-25-9-3-8-22-25/h1-10H,11-13H2,(H,24,26)(H2,21,23,27). The van der Waals surface area contributed by atoms with E-state index in [1.165, 1.54) is 0 Å². The Hall–Kier alpha value is -3.81. The van der Waals surface area contributed by atoms with Crippen LogP contribution in [0, 0.1) is 0 Å². The topological polar surface area (TPSA) is 97.3 Å². The fourth-order valence-corrected chi connectivity index (χ4v) is 2.96. The molecule has 0 radical (unpaired) electrons. The lowest BCUT2D eigenvalue weighted by atomic mass is 10.1. The predicted molar refractivity (Wildman–Crippen MR) is 104 cm³/mol. The lowest BCUT2D eigenvalue weighted by molar-refractivity contribution is -0.118. The Morgan fingerprint density at radius 2 is 2.04 bits per heavy atom. The number of carbonyl (C=O) groups excluding carboxylic acids is 2. The largest absolute Gasteiger partial charge is 0.482 e. The van der Waals surface area contributed by atoms with E-state index in [0.29, 0.717) is 30.2 Å². The van der Waals surface area contributed by atoms with Crippen molar-refractivity contribution >= 4 is 23.3 Å². The summed E-state index contributed by atoms with van der Waals surface area (Å²) in [5, 5.41) is 12.6. The lowest BCUT2D eigenvalue weighted by Crippen LogP contribution is -2.29. The Kier molecular flexibility index (Phi) is 4.92. The van der Waals surface area contributed by atoms with Crippen molar-refractivity contribution in [2.75, 3.05) is 17.2 Å². The molecule has 0 fully saturated rings. The predicted octanol–water partition coefficient (Wildman–Crippen LogP) is 2.58. The number of nitrogens with one attached hydrogen (secondary N) is 3. The minimum atomic E-state index is -0.325. The Morgan fingerprint density at radius 1 is 1.18 bits per heavy atom. The molecule has 0 saturated heterocycles. The van der Waals surface area contributed by atoms with E-state index in [9.17, 15) is 9.59 Å². The van der Waals surface area contributed by atoms with Crippen LogP contribution in [0.25, 0.3) is 0 Å². The summed E-state index contributed by atoms with van der Waals surface area (Å²) in [5.74, 6) is 0.335. The Morgan fingerprint density at radius 3 is 2.86 bits per heavy atom. The summed E-state index contributed by atoms with van der Waals surface area (Å²) in [6.07, 6.45) is 3.64. The van der Waals surface area contributed by atoms with Crippen molar-refractivity contribution in [3.8, 4) is 5.75 Å². The van der Waals surface area contributed by atoms with Crippen molar-refractivity contribution in [1.82, 2.24) is 15.1 Å². The van der Waals surface area contributed by atoms with Gasteiger partial charge in [-0.1, -0.05) is 24.3 Å². The zero-order valence-electron chi connectivity index (χ0n) is 15.0. The van der Waals surface area contributed by atoms with Crippen LogP contribution in [0.15, 0.2) is 60.9 Å². The number of carbonyl (C=O) groups is 2. The molecule has 0 bridgehead atoms. The molecule has 8 heteroatoms.